The zero-order chi connectivity index (χ0) is 15.7. The molecule has 2 aliphatic rings. The molecule has 1 N–H and O–H groups in total. The molecule has 1 unspecified atom stereocenters. The number of likely N-dealkylation sites (tertiary alicyclic amines) is 1. The third kappa shape index (κ3) is 3.33. The summed E-state index contributed by atoms with van der Waals surface area (Å²) in [6, 6.07) is 0. The van der Waals surface area contributed by atoms with Crippen LogP contribution in [0.4, 0.5) is 0 Å². The summed E-state index contributed by atoms with van der Waals surface area (Å²) < 4.78 is 0. The van der Waals surface area contributed by atoms with Crippen LogP contribution in [0.3, 0.4) is 0 Å². The Kier molecular flexibility index (Phi) is 4.53. The van der Waals surface area contributed by atoms with Gasteiger partial charge in [0.15, 0.2) is 0 Å². The van der Waals surface area contributed by atoms with Crippen molar-refractivity contribution < 1.29 is 4.79 Å². The maximum Gasteiger partial charge on any atom is 0.227 e. The highest BCUT2D eigenvalue weighted by Crippen LogP contribution is 2.52. The molecule has 1 aliphatic carbocycles. The molecule has 3 nitrogen and oxygen atoms in total. The average Bonchev–Trinajstić information content (AvgIpc) is 2.38. The Morgan fingerprint density at radius 3 is 2.29 bits per heavy atom. The summed E-state index contributed by atoms with van der Waals surface area (Å²) in [4.78, 5) is 15.5. The van der Waals surface area contributed by atoms with E-state index in [2.05, 4.69) is 57.1 Å². The largest absolute Gasteiger partial charge is 0.351 e. The second-order valence-electron chi connectivity index (χ2n) is 8.30. The van der Waals surface area contributed by atoms with Crippen LogP contribution >= 0.6 is 0 Å². The number of hydrogen-bond acceptors (Lipinski definition) is 2. The first-order valence-corrected chi connectivity index (χ1v) is 8.37. The van der Waals surface area contributed by atoms with Gasteiger partial charge < -0.3 is 10.2 Å². The van der Waals surface area contributed by atoms with Crippen LogP contribution in [-0.4, -0.2) is 36.5 Å². The molecule has 1 heterocycles. The molecule has 1 atom stereocenters. The highest BCUT2D eigenvalue weighted by atomic mass is 16.2. The highest BCUT2D eigenvalue weighted by molar-refractivity contribution is 5.84. The second-order valence-corrected chi connectivity index (χ2v) is 8.30. The van der Waals surface area contributed by atoms with Crippen molar-refractivity contribution in [2.24, 2.45) is 10.8 Å². The summed E-state index contributed by atoms with van der Waals surface area (Å²) in [6.07, 6.45) is 10.0. The van der Waals surface area contributed by atoms with Gasteiger partial charge in [0.1, 0.15) is 0 Å². The van der Waals surface area contributed by atoms with E-state index in [9.17, 15) is 4.79 Å². The third-order valence-electron chi connectivity index (χ3n) is 5.41. The van der Waals surface area contributed by atoms with E-state index < -0.39 is 0 Å². The zero-order valence-corrected chi connectivity index (χ0v) is 14.5. The lowest BCUT2D eigenvalue weighted by atomic mass is 9.56. The second kappa shape index (κ2) is 5.75. The van der Waals surface area contributed by atoms with Crippen LogP contribution < -0.4 is 5.32 Å². The summed E-state index contributed by atoms with van der Waals surface area (Å²) in [5.41, 5.74) is -0.409. The van der Waals surface area contributed by atoms with E-state index in [0.29, 0.717) is 0 Å². The number of piperidine rings is 1. The normalized spacial score (nSPS) is 30.1. The molecule has 0 aromatic heterocycles. The van der Waals surface area contributed by atoms with Gasteiger partial charge in [-0.15, -0.1) is 0 Å². The minimum atomic E-state index is -0.246. The lowest BCUT2D eigenvalue weighted by molar-refractivity contribution is -0.143. The van der Waals surface area contributed by atoms with E-state index in [0.717, 1.165) is 38.8 Å². The highest BCUT2D eigenvalue weighted by Gasteiger charge is 2.53. The van der Waals surface area contributed by atoms with Crippen LogP contribution in [0.15, 0.2) is 12.2 Å². The van der Waals surface area contributed by atoms with E-state index in [1.54, 1.807) is 0 Å². The number of carbonyl (C=O) groups is 1. The smallest absolute Gasteiger partial charge is 0.227 e. The summed E-state index contributed by atoms with van der Waals surface area (Å²) >= 11 is 0. The van der Waals surface area contributed by atoms with Crippen molar-refractivity contribution in [3.8, 4) is 0 Å². The number of nitrogens with one attached hydrogen (secondary N) is 1. The van der Waals surface area contributed by atoms with Crippen molar-refractivity contribution in [3.63, 3.8) is 0 Å². The zero-order valence-electron chi connectivity index (χ0n) is 14.5. The first kappa shape index (κ1) is 16.5. The fourth-order valence-electron chi connectivity index (χ4n) is 3.93. The molecule has 1 aliphatic heterocycles. The Labute approximate surface area is 130 Å². The number of nitrogens with zero attached hydrogens (tertiary/aromatic N) is 1. The van der Waals surface area contributed by atoms with Crippen LogP contribution in [-0.2, 0) is 4.79 Å². The van der Waals surface area contributed by atoms with Crippen molar-refractivity contribution in [2.75, 3.05) is 20.1 Å². The third-order valence-corrected chi connectivity index (χ3v) is 5.41. The molecule has 1 saturated heterocycles. The van der Waals surface area contributed by atoms with Gasteiger partial charge in [-0.3, -0.25) is 4.79 Å². The Balaban J connectivity index is 2.33. The van der Waals surface area contributed by atoms with E-state index >= 15 is 0 Å². The molecular formula is C18H32N2O. The van der Waals surface area contributed by atoms with Crippen molar-refractivity contribution in [1.29, 1.82) is 0 Å². The van der Waals surface area contributed by atoms with Crippen LogP contribution in [0.2, 0.25) is 0 Å². The quantitative estimate of drug-likeness (QED) is 0.792. The molecule has 1 amide bonds. The van der Waals surface area contributed by atoms with Gasteiger partial charge in [0.05, 0.1) is 5.41 Å². The minimum Gasteiger partial charge on any atom is -0.351 e. The molecule has 0 aromatic carbocycles. The lowest BCUT2D eigenvalue weighted by Gasteiger charge is -2.51. The predicted molar refractivity (Wildman–Crippen MR) is 88.2 cm³/mol. The van der Waals surface area contributed by atoms with Crippen LogP contribution in [0.5, 0.6) is 0 Å². The van der Waals surface area contributed by atoms with Gasteiger partial charge >= 0.3 is 0 Å². The Morgan fingerprint density at radius 1 is 1.19 bits per heavy atom. The molecule has 0 bridgehead atoms. The van der Waals surface area contributed by atoms with Gasteiger partial charge in [-0.1, -0.05) is 19.1 Å². The van der Waals surface area contributed by atoms with Crippen molar-refractivity contribution >= 4 is 5.91 Å². The number of allylic oxidation sites excluding steroid dienone is 2. The van der Waals surface area contributed by atoms with Gasteiger partial charge in [-0.05, 0) is 78.4 Å². The fourth-order valence-corrected chi connectivity index (χ4v) is 3.93. The topological polar surface area (TPSA) is 32.3 Å². The van der Waals surface area contributed by atoms with Gasteiger partial charge in [-0.2, -0.15) is 0 Å². The predicted octanol–water partition coefficient (Wildman–Crippen LogP) is 3.36. The molecule has 0 spiro atoms. The van der Waals surface area contributed by atoms with Crippen molar-refractivity contribution in [1.82, 2.24) is 10.2 Å². The monoisotopic (exact) mass is 292 g/mol. The van der Waals surface area contributed by atoms with Crippen LogP contribution in [0, 0.1) is 10.8 Å². The average molecular weight is 292 g/mol. The molecular weight excluding hydrogens is 260 g/mol. The number of carbonyl (C=O) groups excluding carboxylic acids is 1. The fraction of sp³-hybridized carbons (Fsp3) is 0.833. The van der Waals surface area contributed by atoms with Gasteiger partial charge in [-0.25, -0.2) is 0 Å². The molecule has 0 saturated carbocycles. The maximum absolute atomic E-state index is 13.2. The Morgan fingerprint density at radius 2 is 1.81 bits per heavy atom. The summed E-state index contributed by atoms with van der Waals surface area (Å²) in [5, 5.41) is 3.28. The van der Waals surface area contributed by atoms with E-state index in [-0.39, 0.29) is 22.3 Å². The molecule has 0 radical (unpaired) electrons. The summed E-state index contributed by atoms with van der Waals surface area (Å²) in [5.74, 6) is 0.261. The summed E-state index contributed by atoms with van der Waals surface area (Å²) in [7, 11) is 2.16. The number of hydrogen-bond donors (Lipinski definition) is 1. The van der Waals surface area contributed by atoms with Gasteiger partial charge in [0, 0.05) is 5.54 Å². The van der Waals surface area contributed by atoms with Gasteiger partial charge in [0.2, 0.25) is 5.91 Å². The number of amides is 1. The Hall–Kier alpha value is -0.830. The Bertz CT molecular complexity index is 413. The first-order valence-electron chi connectivity index (χ1n) is 8.37. The van der Waals surface area contributed by atoms with Crippen molar-refractivity contribution in [3.05, 3.63) is 12.2 Å². The minimum absolute atomic E-state index is 0.00183. The van der Waals surface area contributed by atoms with Crippen LogP contribution in [0.1, 0.15) is 59.8 Å². The molecule has 120 valence electrons. The molecule has 0 aromatic rings. The van der Waals surface area contributed by atoms with E-state index in [4.69, 9.17) is 0 Å². The lowest BCUT2D eigenvalue weighted by Crippen LogP contribution is -2.59. The van der Waals surface area contributed by atoms with E-state index in [1.165, 1.54) is 6.42 Å². The van der Waals surface area contributed by atoms with Gasteiger partial charge in [0.25, 0.3) is 0 Å². The molecule has 3 heteroatoms. The number of rotatable bonds is 2. The maximum atomic E-state index is 13.2. The molecule has 2 rings (SSSR count). The summed E-state index contributed by atoms with van der Waals surface area (Å²) in [6.45, 7) is 10.6. The first-order chi connectivity index (χ1) is 9.69. The molecule has 21 heavy (non-hydrogen) atoms. The SMILES string of the molecule is CN1CCC(C(=O)NC(C)(C)C)(C2(C)C=CCCC2)CC1. The molecule has 1 fully saturated rings. The van der Waals surface area contributed by atoms with Crippen molar-refractivity contribution in [2.45, 2.75) is 65.3 Å². The van der Waals surface area contributed by atoms with E-state index in [1.807, 2.05) is 0 Å². The van der Waals surface area contributed by atoms with Crippen LogP contribution in [0.25, 0.3) is 0 Å². The standard InChI is InChI=1S/C18H32N2O/c1-16(2,3)19-15(21)18(11-13-20(5)14-12-18)17(4)9-7-6-8-10-17/h7,9H,6,8,10-14H2,1-5H3,(H,19,21).